The Morgan fingerprint density at radius 1 is 1.15 bits per heavy atom. The average molecular weight is 416 g/mol. The van der Waals surface area contributed by atoms with Gasteiger partial charge in [-0.15, -0.1) is 0 Å². The van der Waals surface area contributed by atoms with Gasteiger partial charge < -0.3 is 0 Å². The molecule has 152 valence electrons. The van der Waals surface area contributed by atoms with Crippen LogP contribution in [0.3, 0.4) is 0 Å². The Labute approximate surface area is 162 Å². The molecule has 0 spiro atoms. The molecule has 0 bridgehead atoms. The molecule has 0 aromatic heterocycles. The van der Waals surface area contributed by atoms with Crippen molar-refractivity contribution < 1.29 is 16.8 Å². The zero-order valence-electron chi connectivity index (χ0n) is 16.0. The molecule has 1 saturated heterocycles. The van der Waals surface area contributed by atoms with E-state index in [1.807, 2.05) is 0 Å². The van der Waals surface area contributed by atoms with Crippen LogP contribution in [-0.4, -0.2) is 70.8 Å². The molecular weight excluding hydrogens is 386 g/mol. The van der Waals surface area contributed by atoms with Crippen LogP contribution in [0.2, 0.25) is 0 Å². The van der Waals surface area contributed by atoms with Crippen LogP contribution in [0.15, 0.2) is 24.3 Å². The summed E-state index contributed by atoms with van der Waals surface area (Å²) in [5.74, 6) is 0. The highest BCUT2D eigenvalue weighted by Crippen LogP contribution is 2.38. The number of hydrogen-bond acceptors (Lipinski definition) is 5. The second-order valence-electron chi connectivity index (χ2n) is 7.57. The van der Waals surface area contributed by atoms with Gasteiger partial charge in [0.2, 0.25) is 20.0 Å². The summed E-state index contributed by atoms with van der Waals surface area (Å²) in [6.45, 7) is 2.49. The minimum atomic E-state index is -3.36. The van der Waals surface area contributed by atoms with Gasteiger partial charge in [-0.2, -0.15) is 4.31 Å². The van der Waals surface area contributed by atoms with Gasteiger partial charge in [0.05, 0.1) is 12.5 Å². The molecule has 0 amide bonds. The maximum Gasteiger partial charge on any atom is 0.211 e. The van der Waals surface area contributed by atoms with Gasteiger partial charge in [-0.1, -0.05) is 24.3 Å². The van der Waals surface area contributed by atoms with Crippen molar-refractivity contribution >= 4 is 20.0 Å². The van der Waals surface area contributed by atoms with Crippen molar-refractivity contribution in [2.24, 2.45) is 0 Å². The monoisotopic (exact) mass is 415 g/mol. The molecule has 27 heavy (non-hydrogen) atoms. The van der Waals surface area contributed by atoms with E-state index >= 15 is 0 Å². The average Bonchev–Trinajstić information content (AvgIpc) is 2.59. The van der Waals surface area contributed by atoms with E-state index in [9.17, 15) is 16.8 Å². The third kappa shape index (κ3) is 5.29. The van der Waals surface area contributed by atoms with Crippen LogP contribution in [0.5, 0.6) is 0 Å². The van der Waals surface area contributed by atoms with E-state index in [0.717, 1.165) is 38.6 Å². The van der Waals surface area contributed by atoms with Crippen molar-refractivity contribution in [1.82, 2.24) is 13.9 Å². The maximum absolute atomic E-state index is 12.4. The molecule has 9 heteroatoms. The maximum atomic E-state index is 12.4. The summed E-state index contributed by atoms with van der Waals surface area (Å²) in [7, 11) is -6.61. The number of sulfonamides is 2. The standard InChI is InChI=1S/C18H29N3O4S2/c1-26(22,23)19-10-5-11-21(27(2,24)25)16-9-13-20-12-8-15-6-3-4-7-17(15)18(20)14-16/h3-4,6-7,16,18-19H,5,8-14H2,1-2H3/t16-,18+/m1/s1. The first kappa shape index (κ1) is 20.7. The van der Waals surface area contributed by atoms with Gasteiger partial charge in [0.15, 0.2) is 0 Å². The fraction of sp³-hybridized carbons (Fsp3) is 0.667. The Kier molecular flexibility index (Phi) is 6.27. The minimum Gasteiger partial charge on any atom is -0.296 e. The molecule has 1 N–H and O–H groups in total. The van der Waals surface area contributed by atoms with Crippen LogP contribution >= 0.6 is 0 Å². The topological polar surface area (TPSA) is 86.8 Å². The quantitative estimate of drug-likeness (QED) is 0.670. The molecule has 1 fully saturated rings. The Balaban J connectivity index is 1.71. The summed E-state index contributed by atoms with van der Waals surface area (Å²) in [6, 6.07) is 8.65. The first-order chi connectivity index (χ1) is 12.6. The Morgan fingerprint density at radius 2 is 1.89 bits per heavy atom. The van der Waals surface area contributed by atoms with Crippen LogP contribution in [-0.2, 0) is 26.5 Å². The van der Waals surface area contributed by atoms with Gasteiger partial charge in [-0.05, 0) is 36.8 Å². The second kappa shape index (κ2) is 8.16. The van der Waals surface area contributed by atoms with E-state index in [1.54, 1.807) is 4.31 Å². The summed E-state index contributed by atoms with van der Waals surface area (Å²) >= 11 is 0. The molecule has 0 radical (unpaired) electrons. The molecule has 0 unspecified atom stereocenters. The van der Waals surface area contributed by atoms with Crippen molar-refractivity contribution in [3.05, 3.63) is 35.4 Å². The van der Waals surface area contributed by atoms with Gasteiger partial charge in [0, 0.05) is 38.3 Å². The number of benzene rings is 1. The molecule has 2 atom stereocenters. The lowest BCUT2D eigenvalue weighted by atomic mass is 9.85. The highest BCUT2D eigenvalue weighted by atomic mass is 32.2. The zero-order chi connectivity index (χ0) is 19.7. The molecule has 2 heterocycles. The van der Waals surface area contributed by atoms with Crippen LogP contribution in [0.4, 0.5) is 0 Å². The van der Waals surface area contributed by atoms with Gasteiger partial charge in [0.1, 0.15) is 0 Å². The molecule has 7 nitrogen and oxygen atoms in total. The Hall–Kier alpha value is -1.00. The number of fused-ring (bicyclic) bond motifs is 3. The predicted molar refractivity (Wildman–Crippen MR) is 106 cm³/mol. The summed E-state index contributed by atoms with van der Waals surface area (Å²) < 4.78 is 51.2. The van der Waals surface area contributed by atoms with Crippen molar-refractivity contribution in [2.75, 3.05) is 38.7 Å². The van der Waals surface area contributed by atoms with Crippen LogP contribution < -0.4 is 4.72 Å². The Bertz CT molecular complexity index is 870. The van der Waals surface area contributed by atoms with Gasteiger partial charge in [-0.25, -0.2) is 21.6 Å². The highest BCUT2D eigenvalue weighted by Gasteiger charge is 2.37. The molecule has 2 aliphatic heterocycles. The van der Waals surface area contributed by atoms with E-state index < -0.39 is 20.0 Å². The lowest BCUT2D eigenvalue weighted by Gasteiger charge is -2.45. The van der Waals surface area contributed by atoms with E-state index in [1.165, 1.54) is 17.4 Å². The zero-order valence-corrected chi connectivity index (χ0v) is 17.6. The third-order valence-electron chi connectivity index (χ3n) is 5.52. The number of rotatable bonds is 7. The smallest absolute Gasteiger partial charge is 0.211 e. The lowest BCUT2D eigenvalue weighted by Crippen LogP contribution is -2.50. The van der Waals surface area contributed by atoms with E-state index in [0.29, 0.717) is 13.0 Å². The first-order valence-corrected chi connectivity index (χ1v) is 13.1. The second-order valence-corrected chi connectivity index (χ2v) is 11.3. The number of nitrogens with one attached hydrogen (secondary N) is 1. The van der Waals surface area contributed by atoms with Gasteiger partial charge in [0.25, 0.3) is 0 Å². The van der Waals surface area contributed by atoms with Gasteiger partial charge in [-0.3, -0.25) is 4.90 Å². The summed E-state index contributed by atoms with van der Waals surface area (Å²) in [5.41, 5.74) is 2.68. The van der Waals surface area contributed by atoms with Crippen molar-refractivity contribution in [3.8, 4) is 0 Å². The van der Waals surface area contributed by atoms with Gasteiger partial charge >= 0.3 is 0 Å². The van der Waals surface area contributed by atoms with Crippen LogP contribution in [0.1, 0.15) is 36.4 Å². The SMILES string of the molecule is CS(=O)(=O)NCCCN([C@@H]1CCN2CCc3ccccc3[C@@H]2C1)S(C)(=O)=O. The normalized spacial score (nSPS) is 23.8. The van der Waals surface area contributed by atoms with Crippen molar-refractivity contribution in [2.45, 2.75) is 37.8 Å². The molecule has 0 saturated carbocycles. The third-order valence-corrected chi connectivity index (χ3v) is 7.58. The number of piperidine rings is 1. The number of nitrogens with zero attached hydrogens (tertiary/aromatic N) is 2. The van der Waals surface area contributed by atoms with Crippen molar-refractivity contribution in [3.63, 3.8) is 0 Å². The molecule has 3 rings (SSSR count). The van der Waals surface area contributed by atoms with Crippen LogP contribution in [0.25, 0.3) is 0 Å². The first-order valence-electron chi connectivity index (χ1n) is 9.38. The van der Waals surface area contributed by atoms with Crippen molar-refractivity contribution in [1.29, 1.82) is 0 Å². The summed E-state index contributed by atoms with van der Waals surface area (Å²) in [6.07, 6.45) is 5.45. The summed E-state index contributed by atoms with van der Waals surface area (Å²) in [5, 5.41) is 0. The fourth-order valence-corrected chi connectivity index (χ4v) is 6.02. The van der Waals surface area contributed by atoms with E-state index in [2.05, 4.69) is 33.9 Å². The fourth-order valence-electron chi connectivity index (χ4n) is 4.31. The molecule has 0 aliphatic carbocycles. The summed E-state index contributed by atoms with van der Waals surface area (Å²) in [4.78, 5) is 2.46. The lowest BCUT2D eigenvalue weighted by molar-refractivity contribution is 0.0906. The molecule has 1 aromatic carbocycles. The highest BCUT2D eigenvalue weighted by molar-refractivity contribution is 7.88. The molecule has 2 aliphatic rings. The molecular formula is C18H29N3O4S2. The number of hydrogen-bond donors (Lipinski definition) is 1. The predicted octanol–water partition coefficient (Wildman–Crippen LogP) is 0.949. The van der Waals surface area contributed by atoms with E-state index in [-0.39, 0.29) is 18.6 Å². The Morgan fingerprint density at radius 3 is 2.59 bits per heavy atom. The minimum absolute atomic E-state index is 0.0503. The molecule has 1 aromatic rings. The van der Waals surface area contributed by atoms with Crippen LogP contribution in [0, 0.1) is 0 Å². The van der Waals surface area contributed by atoms with E-state index in [4.69, 9.17) is 0 Å². The largest absolute Gasteiger partial charge is 0.296 e.